The van der Waals surface area contributed by atoms with Crippen molar-refractivity contribution in [3.05, 3.63) is 24.4 Å². The molecule has 1 saturated heterocycles. The van der Waals surface area contributed by atoms with Gasteiger partial charge in [-0.2, -0.15) is 0 Å². The summed E-state index contributed by atoms with van der Waals surface area (Å²) in [6.07, 6.45) is 4.44. The van der Waals surface area contributed by atoms with Crippen LogP contribution in [0.2, 0.25) is 0 Å². The van der Waals surface area contributed by atoms with Gasteiger partial charge in [-0.25, -0.2) is 9.78 Å². The summed E-state index contributed by atoms with van der Waals surface area (Å²) < 4.78 is 11.0. The van der Waals surface area contributed by atoms with Gasteiger partial charge in [-0.1, -0.05) is 6.07 Å². The molecule has 2 rings (SSSR count). The molecule has 20 heavy (non-hydrogen) atoms. The number of hydrogen-bond acceptors (Lipinski definition) is 4. The number of rotatable bonds is 4. The predicted molar refractivity (Wildman–Crippen MR) is 75.7 cm³/mol. The van der Waals surface area contributed by atoms with Crippen molar-refractivity contribution >= 4 is 6.09 Å². The van der Waals surface area contributed by atoms with Gasteiger partial charge in [0, 0.05) is 18.8 Å². The molecule has 0 bridgehead atoms. The molecule has 1 aliphatic heterocycles. The van der Waals surface area contributed by atoms with Crippen LogP contribution in [-0.2, 0) is 4.74 Å². The highest BCUT2D eigenvalue weighted by Crippen LogP contribution is 2.19. The fraction of sp³-hybridized carbons (Fsp3) is 0.600. The Bertz CT molecular complexity index is 422. The number of piperidine rings is 1. The van der Waals surface area contributed by atoms with E-state index in [1.54, 1.807) is 11.1 Å². The van der Waals surface area contributed by atoms with Crippen molar-refractivity contribution in [2.24, 2.45) is 0 Å². The third-order valence-corrected chi connectivity index (χ3v) is 3.26. The van der Waals surface area contributed by atoms with Crippen LogP contribution in [0.1, 0.15) is 33.1 Å². The number of likely N-dealkylation sites (tertiary alicyclic amines) is 1. The van der Waals surface area contributed by atoms with Gasteiger partial charge in [0.1, 0.15) is 6.61 Å². The molecular weight excluding hydrogens is 256 g/mol. The molecule has 5 nitrogen and oxygen atoms in total. The molecule has 5 heteroatoms. The maximum atomic E-state index is 12.1. The topological polar surface area (TPSA) is 51.7 Å². The van der Waals surface area contributed by atoms with Crippen molar-refractivity contribution in [3.8, 4) is 5.88 Å². The molecule has 0 saturated carbocycles. The molecule has 1 amide bonds. The molecule has 2 heterocycles. The first-order valence-corrected chi connectivity index (χ1v) is 7.18. The van der Waals surface area contributed by atoms with Gasteiger partial charge >= 0.3 is 6.09 Å². The van der Waals surface area contributed by atoms with Crippen LogP contribution in [0.5, 0.6) is 5.88 Å². The number of carbonyl (C=O) groups is 1. The van der Waals surface area contributed by atoms with Gasteiger partial charge in [-0.3, -0.25) is 0 Å². The lowest BCUT2D eigenvalue weighted by atomic mass is 10.0. The van der Waals surface area contributed by atoms with Gasteiger partial charge < -0.3 is 14.4 Å². The third-order valence-electron chi connectivity index (χ3n) is 3.26. The molecule has 1 atom stereocenters. The van der Waals surface area contributed by atoms with Crippen LogP contribution in [0, 0.1) is 0 Å². The Morgan fingerprint density at radius 2 is 2.30 bits per heavy atom. The number of hydrogen-bond donors (Lipinski definition) is 0. The van der Waals surface area contributed by atoms with Crippen LogP contribution in [0.4, 0.5) is 4.79 Å². The summed E-state index contributed by atoms with van der Waals surface area (Å²) in [7, 11) is 0. The first-order valence-electron chi connectivity index (χ1n) is 7.18. The second-order valence-electron chi connectivity index (χ2n) is 5.25. The van der Waals surface area contributed by atoms with E-state index in [0.29, 0.717) is 12.5 Å². The van der Waals surface area contributed by atoms with Crippen molar-refractivity contribution in [2.75, 3.05) is 13.2 Å². The monoisotopic (exact) mass is 278 g/mol. The van der Waals surface area contributed by atoms with E-state index in [9.17, 15) is 4.79 Å². The van der Waals surface area contributed by atoms with Gasteiger partial charge in [-0.05, 0) is 39.2 Å². The quantitative estimate of drug-likeness (QED) is 0.849. The molecule has 0 radical (unpaired) electrons. The number of amides is 1. The van der Waals surface area contributed by atoms with E-state index in [1.807, 2.05) is 32.0 Å². The Kier molecular flexibility index (Phi) is 5.21. The minimum absolute atomic E-state index is 0.0667. The fourth-order valence-electron chi connectivity index (χ4n) is 2.30. The van der Waals surface area contributed by atoms with Crippen molar-refractivity contribution in [3.63, 3.8) is 0 Å². The molecular formula is C15H22N2O3. The van der Waals surface area contributed by atoms with Crippen molar-refractivity contribution in [1.29, 1.82) is 0 Å². The normalized spacial score (nSPS) is 18.9. The average molecular weight is 278 g/mol. The summed E-state index contributed by atoms with van der Waals surface area (Å²) in [5.74, 6) is 0.593. The summed E-state index contributed by atoms with van der Waals surface area (Å²) >= 11 is 0. The van der Waals surface area contributed by atoms with Crippen LogP contribution in [-0.4, -0.2) is 41.3 Å². The summed E-state index contributed by atoms with van der Waals surface area (Å²) in [6, 6.07) is 5.62. The van der Waals surface area contributed by atoms with Crippen molar-refractivity contribution in [2.45, 2.75) is 45.3 Å². The lowest BCUT2D eigenvalue weighted by Crippen LogP contribution is -2.47. The fourth-order valence-corrected chi connectivity index (χ4v) is 2.30. The smallest absolute Gasteiger partial charge is 0.410 e. The Hall–Kier alpha value is -1.78. The lowest BCUT2D eigenvalue weighted by molar-refractivity contribution is 0.0408. The van der Waals surface area contributed by atoms with Crippen LogP contribution in [0.25, 0.3) is 0 Å². The summed E-state index contributed by atoms with van der Waals surface area (Å²) in [4.78, 5) is 18.0. The van der Waals surface area contributed by atoms with E-state index in [2.05, 4.69) is 4.98 Å². The maximum Gasteiger partial charge on any atom is 0.410 e. The Morgan fingerprint density at radius 1 is 1.45 bits per heavy atom. The average Bonchev–Trinajstić information content (AvgIpc) is 2.46. The summed E-state index contributed by atoms with van der Waals surface area (Å²) in [6.45, 7) is 4.93. The van der Waals surface area contributed by atoms with Crippen LogP contribution in [0.3, 0.4) is 0 Å². The Labute approximate surface area is 119 Å². The van der Waals surface area contributed by atoms with Crippen LogP contribution >= 0.6 is 0 Å². The second-order valence-corrected chi connectivity index (χ2v) is 5.25. The van der Waals surface area contributed by atoms with E-state index in [0.717, 1.165) is 25.8 Å². The molecule has 0 aromatic carbocycles. The molecule has 1 fully saturated rings. The maximum absolute atomic E-state index is 12.1. The number of carbonyl (C=O) groups excluding carboxylic acids is 1. The molecule has 0 N–H and O–H groups in total. The van der Waals surface area contributed by atoms with E-state index in [-0.39, 0.29) is 18.2 Å². The van der Waals surface area contributed by atoms with Crippen LogP contribution in [0.15, 0.2) is 24.4 Å². The van der Waals surface area contributed by atoms with E-state index < -0.39 is 0 Å². The SMILES string of the molecule is CC(C)OC(=O)N1CCCCC1COc1ccccn1. The van der Waals surface area contributed by atoms with Gasteiger partial charge in [0.2, 0.25) is 5.88 Å². The molecule has 1 aliphatic rings. The Balaban J connectivity index is 1.91. The first kappa shape index (κ1) is 14.6. The minimum Gasteiger partial charge on any atom is -0.475 e. The summed E-state index contributed by atoms with van der Waals surface area (Å²) in [5.41, 5.74) is 0. The van der Waals surface area contributed by atoms with Crippen LogP contribution < -0.4 is 4.74 Å². The second kappa shape index (κ2) is 7.12. The zero-order valence-corrected chi connectivity index (χ0v) is 12.1. The third kappa shape index (κ3) is 4.11. The van der Waals surface area contributed by atoms with E-state index in [4.69, 9.17) is 9.47 Å². The number of pyridine rings is 1. The van der Waals surface area contributed by atoms with Crippen molar-refractivity contribution < 1.29 is 14.3 Å². The molecule has 1 aromatic rings. The first-order chi connectivity index (χ1) is 9.66. The minimum atomic E-state index is -0.241. The van der Waals surface area contributed by atoms with Gasteiger partial charge in [0.15, 0.2) is 0 Å². The molecule has 1 aromatic heterocycles. The van der Waals surface area contributed by atoms with Gasteiger partial charge in [0.05, 0.1) is 12.1 Å². The van der Waals surface area contributed by atoms with Gasteiger partial charge in [0.25, 0.3) is 0 Å². The van der Waals surface area contributed by atoms with E-state index >= 15 is 0 Å². The largest absolute Gasteiger partial charge is 0.475 e. The molecule has 0 aliphatic carbocycles. The zero-order valence-electron chi connectivity index (χ0n) is 12.1. The number of nitrogens with zero attached hydrogens (tertiary/aromatic N) is 2. The standard InChI is InChI=1S/C15H22N2O3/c1-12(2)20-15(18)17-10-6-4-7-13(17)11-19-14-8-3-5-9-16-14/h3,5,8-9,12-13H,4,6-7,10-11H2,1-2H3. The predicted octanol–water partition coefficient (Wildman–Crippen LogP) is 2.86. The van der Waals surface area contributed by atoms with Crippen molar-refractivity contribution in [1.82, 2.24) is 9.88 Å². The highest BCUT2D eigenvalue weighted by atomic mass is 16.6. The highest BCUT2D eigenvalue weighted by Gasteiger charge is 2.28. The summed E-state index contributed by atoms with van der Waals surface area (Å²) in [5, 5.41) is 0. The number of ether oxygens (including phenoxy) is 2. The highest BCUT2D eigenvalue weighted by molar-refractivity contribution is 5.68. The lowest BCUT2D eigenvalue weighted by Gasteiger charge is -2.35. The zero-order chi connectivity index (χ0) is 14.4. The molecule has 1 unspecified atom stereocenters. The number of aromatic nitrogens is 1. The molecule has 0 spiro atoms. The van der Waals surface area contributed by atoms with E-state index in [1.165, 1.54) is 0 Å². The Morgan fingerprint density at radius 3 is 3.00 bits per heavy atom. The molecule has 110 valence electrons. The van der Waals surface area contributed by atoms with Gasteiger partial charge in [-0.15, -0.1) is 0 Å².